The van der Waals surface area contributed by atoms with E-state index in [0.29, 0.717) is 0 Å². The quantitative estimate of drug-likeness (QED) is 0.162. The van der Waals surface area contributed by atoms with Crippen molar-refractivity contribution in [1.29, 1.82) is 0 Å². The average molecular weight is 765 g/mol. The summed E-state index contributed by atoms with van der Waals surface area (Å²) in [5, 5.41) is 18.0. The van der Waals surface area contributed by atoms with Crippen LogP contribution < -0.4 is 0 Å². The summed E-state index contributed by atoms with van der Waals surface area (Å²) in [7, 11) is 0. The zero-order chi connectivity index (χ0) is 42.5. The third-order valence-corrected chi connectivity index (χ3v) is 14.8. The lowest BCUT2D eigenvalue weighted by Gasteiger charge is -2.18. The molecule has 4 aromatic carbocycles. The molecule has 0 aliphatic rings. The van der Waals surface area contributed by atoms with Gasteiger partial charge in [-0.1, -0.05) is 10.4 Å². The molecule has 0 aliphatic heterocycles. The summed E-state index contributed by atoms with van der Waals surface area (Å²) < 4.78 is 3.97. The predicted molar refractivity (Wildman–Crippen MR) is 240 cm³/mol. The second-order valence-electron chi connectivity index (χ2n) is 17.2. The maximum Gasteiger partial charge on any atom is 0.0875 e. The van der Waals surface area contributed by atoms with Crippen LogP contribution in [0.15, 0.2) is 12.4 Å². The lowest BCUT2D eigenvalue weighted by Crippen LogP contribution is -2.08. The lowest BCUT2D eigenvalue weighted by atomic mass is 9.88. The minimum atomic E-state index is 0.774. The van der Waals surface area contributed by atoms with Gasteiger partial charge in [0.15, 0.2) is 0 Å². The van der Waals surface area contributed by atoms with Gasteiger partial charge in [-0.3, -0.25) is 0 Å². The van der Waals surface area contributed by atoms with Crippen LogP contribution in [0.5, 0.6) is 0 Å². The number of hydrogen-bond donors (Lipinski definition) is 0. The molecule has 0 fully saturated rings. The second kappa shape index (κ2) is 16.6. The molecule has 0 bridgehead atoms. The van der Waals surface area contributed by atoms with Crippen molar-refractivity contribution in [1.82, 2.24) is 30.0 Å². The van der Waals surface area contributed by atoms with Crippen LogP contribution in [0, 0.1) is 138 Å². The molecule has 0 saturated carbocycles. The topological polar surface area (TPSA) is 61.4 Å². The largest absolute Gasteiger partial charge is 0.248 e. The Bertz CT molecular complexity index is 2330. The number of benzene rings is 4. The molecule has 57 heavy (non-hydrogen) atoms. The van der Waals surface area contributed by atoms with Gasteiger partial charge in [0.2, 0.25) is 0 Å². The zero-order valence-corrected chi connectivity index (χ0v) is 39.0. The molecule has 0 radical (unpaired) electrons. The highest BCUT2D eigenvalue weighted by atomic mass is 15.4. The van der Waals surface area contributed by atoms with Gasteiger partial charge in [-0.05, 0) is 266 Å². The monoisotopic (exact) mass is 765 g/mol. The van der Waals surface area contributed by atoms with Gasteiger partial charge in [-0.25, -0.2) is 9.36 Å². The highest BCUT2D eigenvalue weighted by Crippen LogP contribution is 2.32. The molecule has 2 heterocycles. The van der Waals surface area contributed by atoms with Gasteiger partial charge >= 0.3 is 0 Å². The van der Waals surface area contributed by atoms with Crippen LogP contribution in [-0.2, 0) is 19.4 Å². The Morgan fingerprint density at radius 1 is 0.316 bits per heavy atom. The number of aromatic nitrogens is 6. The average Bonchev–Trinajstić information content (AvgIpc) is 3.86. The van der Waals surface area contributed by atoms with Crippen LogP contribution >= 0.6 is 0 Å². The predicted octanol–water partition coefficient (Wildman–Crippen LogP) is 11.9. The van der Waals surface area contributed by atoms with E-state index in [1.54, 1.807) is 0 Å². The van der Waals surface area contributed by atoms with E-state index in [4.69, 9.17) is 0 Å². The minimum Gasteiger partial charge on any atom is -0.248 e. The summed E-state index contributed by atoms with van der Waals surface area (Å²) in [5.41, 5.74) is 34.8. The van der Waals surface area contributed by atoms with E-state index >= 15 is 0 Å². The van der Waals surface area contributed by atoms with Crippen molar-refractivity contribution in [3.63, 3.8) is 0 Å². The van der Waals surface area contributed by atoms with Crippen molar-refractivity contribution in [2.24, 2.45) is 0 Å². The van der Waals surface area contributed by atoms with Crippen molar-refractivity contribution >= 4 is 0 Å². The first-order chi connectivity index (χ1) is 26.6. The highest BCUT2D eigenvalue weighted by molar-refractivity contribution is 5.58. The molecule has 6 nitrogen and oxygen atoms in total. The fourth-order valence-corrected chi connectivity index (χ4v) is 8.83. The molecule has 6 aromatic rings. The van der Waals surface area contributed by atoms with Crippen molar-refractivity contribution in [2.45, 2.75) is 158 Å². The summed E-state index contributed by atoms with van der Waals surface area (Å²) in [6.45, 7) is 45.2. The summed E-state index contributed by atoms with van der Waals surface area (Å²) >= 11 is 0. The second-order valence-corrected chi connectivity index (χ2v) is 17.2. The Morgan fingerprint density at radius 3 is 0.965 bits per heavy atom. The normalized spacial score (nSPS) is 11.4. The SMILES string of the molecule is Cc1c(C)c(C)c(Cc2cn(-c3c(C)c(C)c(C)c(C)c3C)nn2)c(C)c1C.Cc1c(C)c(C)c(Cc2cn(Cc3c(C)c(C)c(C)c(C)c3C)nn2)c(C)c1C. The van der Waals surface area contributed by atoms with Crippen molar-refractivity contribution < 1.29 is 0 Å². The maximum absolute atomic E-state index is 4.53. The van der Waals surface area contributed by atoms with Crippen molar-refractivity contribution in [2.75, 3.05) is 0 Å². The van der Waals surface area contributed by atoms with Gasteiger partial charge in [-0.2, -0.15) is 0 Å². The van der Waals surface area contributed by atoms with E-state index < -0.39 is 0 Å². The number of nitrogens with zero attached hydrogens (tertiary/aromatic N) is 6. The summed E-state index contributed by atoms with van der Waals surface area (Å²) in [5.74, 6) is 0. The molecule has 6 rings (SSSR count). The molecule has 0 amide bonds. The summed E-state index contributed by atoms with van der Waals surface area (Å²) in [6.07, 6.45) is 5.88. The first-order valence-corrected chi connectivity index (χ1v) is 20.6. The zero-order valence-electron chi connectivity index (χ0n) is 39.0. The third kappa shape index (κ3) is 7.89. The Labute approximate surface area is 344 Å². The van der Waals surface area contributed by atoms with Crippen molar-refractivity contribution in [3.05, 3.63) is 152 Å². The van der Waals surface area contributed by atoms with E-state index in [9.17, 15) is 0 Å². The Morgan fingerprint density at radius 2 is 0.596 bits per heavy atom. The van der Waals surface area contributed by atoms with E-state index in [-0.39, 0.29) is 0 Å². The molecular weight excluding hydrogens is 697 g/mol. The van der Waals surface area contributed by atoms with Crippen LogP contribution in [-0.4, -0.2) is 30.0 Å². The van der Waals surface area contributed by atoms with Gasteiger partial charge in [0, 0.05) is 19.0 Å². The lowest BCUT2D eigenvalue weighted by molar-refractivity contribution is 0.643. The van der Waals surface area contributed by atoms with Crippen LogP contribution in [0.3, 0.4) is 0 Å². The van der Waals surface area contributed by atoms with E-state index in [1.807, 2.05) is 9.36 Å². The fourth-order valence-electron chi connectivity index (χ4n) is 8.83. The maximum atomic E-state index is 4.53. The standard InChI is InChI=1S/C26H35N3.C25H33N3/c1-14-16(3)20(7)25(21(8)17(14)4)11-24-12-29(28-27-24)13-26-22(9)18(5)15(2)19(6)23(26)10;1-13-15(3)19(7)24(20(8)16(13)4)11-23-12-28(27-26-23)25-21(9)17(5)14(2)18(6)22(25)10/h12H,11,13H2,1-10H3;12H,11H2,1-10H3. The Hall–Kier alpha value is -4.84. The van der Waals surface area contributed by atoms with E-state index in [0.717, 1.165) is 30.8 Å². The molecule has 6 heteroatoms. The van der Waals surface area contributed by atoms with Crippen LogP contribution in [0.25, 0.3) is 5.69 Å². The molecule has 302 valence electrons. The first kappa shape index (κ1) is 43.3. The molecule has 0 unspecified atom stereocenters. The van der Waals surface area contributed by atoms with E-state index in [1.165, 1.54) is 134 Å². The van der Waals surface area contributed by atoms with Gasteiger partial charge < -0.3 is 0 Å². The smallest absolute Gasteiger partial charge is 0.0875 e. The minimum absolute atomic E-state index is 0.774. The molecule has 0 atom stereocenters. The van der Waals surface area contributed by atoms with E-state index in [2.05, 4.69) is 171 Å². The summed E-state index contributed by atoms with van der Waals surface area (Å²) in [6, 6.07) is 0. The molecular formula is C51H68N6. The number of hydrogen-bond acceptors (Lipinski definition) is 4. The van der Waals surface area contributed by atoms with Gasteiger partial charge in [0.1, 0.15) is 0 Å². The first-order valence-electron chi connectivity index (χ1n) is 20.6. The molecule has 0 aliphatic carbocycles. The Kier molecular flexibility index (Phi) is 12.6. The van der Waals surface area contributed by atoms with Gasteiger partial charge in [0.05, 0.1) is 29.8 Å². The molecule has 2 aromatic heterocycles. The van der Waals surface area contributed by atoms with Crippen LogP contribution in [0.4, 0.5) is 0 Å². The summed E-state index contributed by atoms with van der Waals surface area (Å²) in [4.78, 5) is 0. The van der Waals surface area contributed by atoms with Gasteiger partial charge in [-0.15, -0.1) is 10.2 Å². The van der Waals surface area contributed by atoms with Crippen molar-refractivity contribution in [3.8, 4) is 5.69 Å². The highest BCUT2D eigenvalue weighted by Gasteiger charge is 2.19. The molecule has 0 N–H and O–H groups in total. The van der Waals surface area contributed by atoms with Crippen LogP contribution in [0.2, 0.25) is 0 Å². The third-order valence-electron chi connectivity index (χ3n) is 14.8. The fraction of sp³-hybridized carbons (Fsp3) is 0.451. The molecule has 0 saturated heterocycles. The Balaban J connectivity index is 0.000000218. The number of rotatable bonds is 7. The molecule has 0 spiro atoms. The van der Waals surface area contributed by atoms with Crippen LogP contribution in [0.1, 0.15) is 139 Å². The van der Waals surface area contributed by atoms with Gasteiger partial charge in [0.25, 0.3) is 0 Å².